The first-order valence-corrected chi connectivity index (χ1v) is 11.1. The number of amides is 5. The van der Waals surface area contributed by atoms with E-state index >= 15 is 0 Å². The van der Waals surface area contributed by atoms with Crippen LogP contribution < -0.4 is 5.32 Å². The number of hydrogen-bond donors (Lipinski definition) is 1. The van der Waals surface area contributed by atoms with Crippen LogP contribution in [0.3, 0.4) is 0 Å². The van der Waals surface area contributed by atoms with Crippen molar-refractivity contribution in [2.24, 2.45) is 10.8 Å². The smallest absolute Gasteiger partial charge is 0.321 e. The van der Waals surface area contributed by atoms with Gasteiger partial charge >= 0.3 is 12.1 Å². The number of likely N-dealkylation sites (tertiary alicyclic amines) is 3. The second-order valence-electron chi connectivity index (χ2n) is 9.30. The van der Waals surface area contributed by atoms with Gasteiger partial charge in [-0.3, -0.25) is 4.79 Å². The molecule has 0 aliphatic carbocycles. The van der Waals surface area contributed by atoms with E-state index in [4.69, 9.17) is 11.6 Å². The van der Waals surface area contributed by atoms with Crippen LogP contribution in [0, 0.1) is 10.8 Å². The molecule has 3 fully saturated rings. The first-order chi connectivity index (χ1) is 14.7. The maximum absolute atomic E-state index is 13.3. The van der Waals surface area contributed by atoms with E-state index in [1.165, 1.54) is 0 Å². The van der Waals surface area contributed by atoms with Crippen LogP contribution >= 0.6 is 11.6 Å². The van der Waals surface area contributed by atoms with E-state index in [0.29, 0.717) is 56.3 Å². The number of piperidine rings is 1. The number of halogens is 1. The van der Waals surface area contributed by atoms with Gasteiger partial charge in [-0.1, -0.05) is 17.7 Å². The van der Waals surface area contributed by atoms with Crippen molar-refractivity contribution >= 4 is 35.3 Å². The Morgan fingerprint density at radius 2 is 1.77 bits per heavy atom. The van der Waals surface area contributed by atoms with Crippen molar-refractivity contribution in [3.63, 3.8) is 0 Å². The SMILES string of the molecule is CN(C)C(=O)N1CC2(CCN(C(=O)Nc3cccc(Cl)c3)CC2)C2(CCN(C)C2=O)C1. The molecule has 0 aromatic heterocycles. The van der Waals surface area contributed by atoms with Gasteiger partial charge in [0.25, 0.3) is 0 Å². The third-order valence-electron chi connectivity index (χ3n) is 7.34. The van der Waals surface area contributed by atoms with Crippen LogP contribution in [0.2, 0.25) is 5.02 Å². The molecule has 1 aromatic rings. The maximum Gasteiger partial charge on any atom is 0.321 e. The first-order valence-electron chi connectivity index (χ1n) is 10.7. The van der Waals surface area contributed by atoms with E-state index < -0.39 is 5.41 Å². The topological polar surface area (TPSA) is 76.2 Å². The second-order valence-corrected chi connectivity index (χ2v) is 9.74. The summed E-state index contributed by atoms with van der Waals surface area (Å²) in [4.78, 5) is 45.8. The molecule has 2 spiro atoms. The van der Waals surface area contributed by atoms with Crippen molar-refractivity contribution in [1.29, 1.82) is 0 Å². The number of carbonyl (C=O) groups excluding carboxylic acids is 3. The van der Waals surface area contributed by atoms with Crippen LogP contribution in [-0.4, -0.2) is 91.4 Å². The first kappa shape index (κ1) is 21.7. The Morgan fingerprint density at radius 3 is 2.35 bits per heavy atom. The lowest BCUT2D eigenvalue weighted by Gasteiger charge is -2.46. The van der Waals surface area contributed by atoms with Crippen molar-refractivity contribution < 1.29 is 14.4 Å². The summed E-state index contributed by atoms with van der Waals surface area (Å²) in [6.07, 6.45) is 2.16. The van der Waals surface area contributed by atoms with Crippen molar-refractivity contribution in [1.82, 2.24) is 19.6 Å². The van der Waals surface area contributed by atoms with E-state index in [1.807, 2.05) is 11.9 Å². The number of hydrogen-bond acceptors (Lipinski definition) is 3. The summed E-state index contributed by atoms with van der Waals surface area (Å²) in [5, 5.41) is 3.47. The lowest BCUT2D eigenvalue weighted by molar-refractivity contribution is -0.140. The van der Waals surface area contributed by atoms with E-state index in [1.54, 1.807) is 53.1 Å². The summed E-state index contributed by atoms with van der Waals surface area (Å²) in [5.41, 5.74) is -0.193. The summed E-state index contributed by atoms with van der Waals surface area (Å²) in [6.45, 7) is 2.84. The Hall–Kier alpha value is -2.48. The zero-order chi connectivity index (χ0) is 22.4. The molecule has 31 heavy (non-hydrogen) atoms. The van der Waals surface area contributed by atoms with Gasteiger partial charge in [-0.2, -0.15) is 0 Å². The highest BCUT2D eigenvalue weighted by Gasteiger charge is 2.65. The molecule has 9 heteroatoms. The molecule has 4 rings (SSSR count). The van der Waals surface area contributed by atoms with Crippen LogP contribution in [0.25, 0.3) is 0 Å². The van der Waals surface area contributed by atoms with Gasteiger partial charge in [0.15, 0.2) is 0 Å². The average Bonchev–Trinajstić information content (AvgIpc) is 3.20. The highest BCUT2D eigenvalue weighted by atomic mass is 35.5. The number of anilines is 1. The number of nitrogens with zero attached hydrogens (tertiary/aromatic N) is 4. The largest absolute Gasteiger partial charge is 0.345 e. The van der Waals surface area contributed by atoms with Gasteiger partial charge in [0.1, 0.15) is 0 Å². The number of carbonyl (C=O) groups is 3. The molecule has 3 aliphatic heterocycles. The van der Waals surface area contributed by atoms with E-state index in [-0.39, 0.29) is 23.4 Å². The number of rotatable bonds is 1. The maximum atomic E-state index is 13.3. The predicted molar refractivity (Wildman–Crippen MR) is 119 cm³/mol. The molecule has 5 amide bonds. The molecule has 168 valence electrons. The van der Waals surface area contributed by atoms with Crippen LogP contribution in [-0.2, 0) is 4.79 Å². The van der Waals surface area contributed by atoms with Gasteiger partial charge < -0.3 is 24.9 Å². The number of benzene rings is 1. The van der Waals surface area contributed by atoms with Crippen LogP contribution in [0.15, 0.2) is 24.3 Å². The van der Waals surface area contributed by atoms with E-state index in [2.05, 4.69) is 5.32 Å². The molecule has 1 N–H and O–H groups in total. The average molecular weight is 448 g/mol. The molecule has 3 saturated heterocycles. The number of nitrogens with one attached hydrogen (secondary N) is 1. The van der Waals surface area contributed by atoms with Gasteiger partial charge in [0.2, 0.25) is 5.91 Å². The number of fused-ring (bicyclic) bond motifs is 1. The molecule has 0 radical (unpaired) electrons. The fourth-order valence-corrected chi connectivity index (χ4v) is 5.79. The summed E-state index contributed by atoms with van der Waals surface area (Å²) >= 11 is 6.02. The van der Waals surface area contributed by atoms with Crippen molar-refractivity contribution in [3.8, 4) is 0 Å². The molecule has 1 unspecified atom stereocenters. The highest BCUT2D eigenvalue weighted by Crippen LogP contribution is 2.57. The monoisotopic (exact) mass is 447 g/mol. The van der Waals surface area contributed by atoms with Gasteiger partial charge in [0, 0.05) is 70.0 Å². The number of urea groups is 2. The Balaban J connectivity index is 1.51. The Kier molecular flexibility index (Phi) is 5.54. The highest BCUT2D eigenvalue weighted by molar-refractivity contribution is 6.30. The summed E-state index contributed by atoms with van der Waals surface area (Å²) in [5.74, 6) is 0.137. The fraction of sp³-hybridized carbons (Fsp3) is 0.591. The lowest BCUT2D eigenvalue weighted by atomic mass is 9.60. The molecule has 8 nitrogen and oxygen atoms in total. The molecule has 1 atom stereocenters. The van der Waals surface area contributed by atoms with Crippen LogP contribution in [0.4, 0.5) is 15.3 Å². The zero-order valence-corrected chi connectivity index (χ0v) is 19.1. The molecule has 0 saturated carbocycles. The predicted octanol–water partition coefficient (Wildman–Crippen LogP) is 2.80. The molecule has 0 bridgehead atoms. The van der Waals surface area contributed by atoms with Gasteiger partial charge in [-0.05, 0) is 37.5 Å². The minimum absolute atomic E-state index is 0.0558. The van der Waals surface area contributed by atoms with Gasteiger partial charge in [-0.25, -0.2) is 9.59 Å². The Labute approximate surface area is 188 Å². The molecular formula is C22H30ClN5O3. The van der Waals surface area contributed by atoms with E-state index in [0.717, 1.165) is 6.42 Å². The third kappa shape index (κ3) is 3.60. The van der Waals surface area contributed by atoms with E-state index in [9.17, 15) is 14.4 Å². The molecule has 3 heterocycles. The zero-order valence-electron chi connectivity index (χ0n) is 18.4. The van der Waals surface area contributed by atoms with Crippen LogP contribution in [0.1, 0.15) is 19.3 Å². The van der Waals surface area contributed by atoms with Gasteiger partial charge in [-0.15, -0.1) is 0 Å². The lowest BCUT2D eigenvalue weighted by Crippen LogP contribution is -2.54. The second kappa shape index (κ2) is 7.89. The summed E-state index contributed by atoms with van der Waals surface area (Å²) < 4.78 is 0. The normalized spacial score (nSPS) is 24.9. The molecular weight excluding hydrogens is 418 g/mol. The molecule has 3 aliphatic rings. The Bertz CT molecular complexity index is 899. The quantitative estimate of drug-likeness (QED) is 0.719. The van der Waals surface area contributed by atoms with Crippen LogP contribution in [0.5, 0.6) is 0 Å². The third-order valence-corrected chi connectivity index (χ3v) is 7.57. The Morgan fingerprint density at radius 1 is 1.06 bits per heavy atom. The minimum Gasteiger partial charge on any atom is -0.345 e. The van der Waals surface area contributed by atoms with Crippen molar-refractivity contribution in [3.05, 3.63) is 29.3 Å². The van der Waals surface area contributed by atoms with Crippen molar-refractivity contribution in [2.45, 2.75) is 19.3 Å². The summed E-state index contributed by atoms with van der Waals surface area (Å²) in [7, 11) is 5.32. The standard InChI is InChI=1S/C22H30ClN5O3/c1-25(2)20(31)28-14-21(22(15-28)9-10-26(3)18(22)29)7-11-27(12-8-21)19(30)24-17-6-4-5-16(23)13-17/h4-6,13H,7-12,14-15H2,1-3H3,(H,24,30). The van der Waals surface area contributed by atoms with Gasteiger partial charge in [0.05, 0.1) is 5.41 Å². The van der Waals surface area contributed by atoms with Crippen molar-refractivity contribution in [2.75, 3.05) is 59.2 Å². The minimum atomic E-state index is -0.553. The summed E-state index contributed by atoms with van der Waals surface area (Å²) in [6, 6.07) is 6.86. The molecule has 1 aromatic carbocycles. The fourth-order valence-electron chi connectivity index (χ4n) is 5.60.